The number of hydrogen-bond donors (Lipinski definition) is 2. The lowest BCUT2D eigenvalue weighted by Gasteiger charge is -2.15. The van der Waals surface area contributed by atoms with E-state index in [0.29, 0.717) is 33.8 Å². The highest BCUT2D eigenvalue weighted by molar-refractivity contribution is 6.07. The van der Waals surface area contributed by atoms with Crippen LogP contribution in [0.15, 0.2) is 40.9 Å². The Morgan fingerprint density at radius 2 is 2.00 bits per heavy atom. The molecule has 1 aliphatic carbocycles. The number of aliphatic carboxylic acids is 1. The number of nitrogens with zero attached hydrogens (tertiary/aromatic N) is 2. The lowest BCUT2D eigenvalue weighted by atomic mass is 10.0. The van der Waals surface area contributed by atoms with Gasteiger partial charge >= 0.3 is 5.97 Å². The van der Waals surface area contributed by atoms with E-state index in [1.807, 2.05) is 0 Å². The summed E-state index contributed by atoms with van der Waals surface area (Å²) >= 11 is 0. The van der Waals surface area contributed by atoms with E-state index in [1.165, 1.54) is 0 Å². The zero-order valence-corrected chi connectivity index (χ0v) is 14.1. The quantitative estimate of drug-likeness (QED) is 0.732. The average molecular weight is 351 g/mol. The molecular weight excluding hydrogens is 334 g/mol. The first kappa shape index (κ1) is 16.3. The Kier molecular flexibility index (Phi) is 3.91. The van der Waals surface area contributed by atoms with Crippen LogP contribution < -0.4 is 5.32 Å². The van der Waals surface area contributed by atoms with Crippen LogP contribution in [0.1, 0.15) is 52.1 Å². The highest BCUT2D eigenvalue weighted by atomic mass is 16.5. The molecule has 1 fully saturated rings. The fourth-order valence-electron chi connectivity index (χ4n) is 3.02. The number of rotatable bonds is 5. The number of nitrogens with one attached hydrogen (secondary N) is 1. The Labute approximate surface area is 149 Å². The van der Waals surface area contributed by atoms with E-state index in [2.05, 4.69) is 15.5 Å². The number of hydrogen-bond acceptors (Lipinski definition) is 5. The second-order valence-corrected chi connectivity index (χ2v) is 6.47. The van der Waals surface area contributed by atoms with Crippen molar-refractivity contribution in [1.29, 1.82) is 0 Å². The summed E-state index contributed by atoms with van der Waals surface area (Å²) < 4.78 is 5.24. The van der Waals surface area contributed by atoms with Crippen molar-refractivity contribution in [2.45, 2.75) is 31.7 Å². The van der Waals surface area contributed by atoms with Crippen molar-refractivity contribution >= 4 is 23.0 Å². The highest BCUT2D eigenvalue weighted by Crippen LogP contribution is 2.40. The van der Waals surface area contributed by atoms with E-state index in [-0.39, 0.29) is 0 Å². The zero-order valence-electron chi connectivity index (χ0n) is 14.1. The molecule has 1 amide bonds. The van der Waals surface area contributed by atoms with Gasteiger partial charge < -0.3 is 14.9 Å². The van der Waals surface area contributed by atoms with Crippen LogP contribution in [0.5, 0.6) is 0 Å². The molecule has 2 heterocycles. The second-order valence-electron chi connectivity index (χ2n) is 6.47. The third-order valence-corrected chi connectivity index (χ3v) is 4.53. The van der Waals surface area contributed by atoms with Gasteiger partial charge in [0, 0.05) is 11.6 Å². The highest BCUT2D eigenvalue weighted by Gasteiger charge is 2.30. The zero-order chi connectivity index (χ0) is 18.3. The van der Waals surface area contributed by atoms with E-state index < -0.39 is 17.9 Å². The van der Waals surface area contributed by atoms with Gasteiger partial charge in [0.15, 0.2) is 6.04 Å². The van der Waals surface area contributed by atoms with Crippen molar-refractivity contribution in [3.8, 4) is 0 Å². The van der Waals surface area contributed by atoms with Crippen molar-refractivity contribution in [2.24, 2.45) is 0 Å². The van der Waals surface area contributed by atoms with Crippen LogP contribution in [0.2, 0.25) is 0 Å². The van der Waals surface area contributed by atoms with Crippen LogP contribution >= 0.6 is 0 Å². The third-order valence-electron chi connectivity index (χ3n) is 4.53. The topological polar surface area (TPSA) is 105 Å². The molecule has 2 N–H and O–H groups in total. The molecule has 0 saturated heterocycles. The number of amides is 1. The number of benzene rings is 1. The minimum Gasteiger partial charge on any atom is -0.479 e. The number of carboxylic acid groups (broad SMARTS) is 1. The molecule has 2 aromatic heterocycles. The van der Waals surface area contributed by atoms with Gasteiger partial charge in [0.05, 0.1) is 16.6 Å². The summed E-state index contributed by atoms with van der Waals surface area (Å²) in [6, 6.07) is 9.18. The number of aromatic nitrogens is 2. The normalized spacial score (nSPS) is 15.0. The Hall–Kier alpha value is -3.22. The molecule has 0 aliphatic heterocycles. The smallest absolute Gasteiger partial charge is 0.330 e. The van der Waals surface area contributed by atoms with Crippen LogP contribution in [-0.4, -0.2) is 27.1 Å². The maximum atomic E-state index is 12.9. The Morgan fingerprint density at radius 3 is 2.65 bits per heavy atom. The van der Waals surface area contributed by atoms with Gasteiger partial charge in [-0.15, -0.1) is 0 Å². The first-order valence-electron chi connectivity index (χ1n) is 8.40. The molecular formula is C19H17N3O4. The summed E-state index contributed by atoms with van der Waals surface area (Å²) in [6.07, 6.45) is 2.04. The summed E-state index contributed by atoms with van der Waals surface area (Å²) in [5.74, 6) is -1.29. The van der Waals surface area contributed by atoms with Gasteiger partial charge in [0.1, 0.15) is 0 Å². The molecule has 1 saturated carbocycles. The van der Waals surface area contributed by atoms with Crippen molar-refractivity contribution in [3.05, 3.63) is 58.9 Å². The summed E-state index contributed by atoms with van der Waals surface area (Å²) in [5.41, 5.74) is 2.49. The molecule has 26 heavy (non-hydrogen) atoms. The maximum Gasteiger partial charge on any atom is 0.330 e. The Morgan fingerprint density at radius 1 is 1.27 bits per heavy atom. The van der Waals surface area contributed by atoms with Crippen LogP contribution in [-0.2, 0) is 4.79 Å². The largest absolute Gasteiger partial charge is 0.479 e. The number of fused-ring (bicyclic) bond motifs is 1. The lowest BCUT2D eigenvalue weighted by Crippen LogP contribution is -2.34. The van der Waals surface area contributed by atoms with E-state index in [0.717, 1.165) is 18.5 Å². The molecule has 1 atom stereocenters. The summed E-state index contributed by atoms with van der Waals surface area (Å²) in [4.78, 5) is 29.0. The summed E-state index contributed by atoms with van der Waals surface area (Å²) in [7, 11) is 0. The average Bonchev–Trinajstić information content (AvgIpc) is 3.43. The predicted molar refractivity (Wildman–Crippen MR) is 92.8 cm³/mol. The van der Waals surface area contributed by atoms with E-state index in [9.17, 15) is 14.7 Å². The number of carbonyl (C=O) groups excluding carboxylic acids is 1. The van der Waals surface area contributed by atoms with Gasteiger partial charge in [-0.05, 0) is 31.4 Å². The van der Waals surface area contributed by atoms with Gasteiger partial charge in [-0.3, -0.25) is 4.79 Å². The van der Waals surface area contributed by atoms with Crippen LogP contribution in [0.4, 0.5) is 0 Å². The molecule has 1 aliphatic rings. The molecule has 7 heteroatoms. The van der Waals surface area contributed by atoms with E-state index >= 15 is 0 Å². The minimum absolute atomic E-state index is 0.309. The van der Waals surface area contributed by atoms with Crippen molar-refractivity contribution in [2.75, 3.05) is 0 Å². The summed E-state index contributed by atoms with van der Waals surface area (Å²) in [5, 5.41) is 16.6. The minimum atomic E-state index is -1.14. The first-order valence-corrected chi connectivity index (χ1v) is 8.40. The van der Waals surface area contributed by atoms with Gasteiger partial charge in [-0.2, -0.15) is 0 Å². The second kappa shape index (κ2) is 6.25. The molecule has 1 aromatic carbocycles. The van der Waals surface area contributed by atoms with Crippen molar-refractivity contribution < 1.29 is 19.2 Å². The molecule has 4 rings (SSSR count). The Bertz CT molecular complexity index is 993. The third kappa shape index (κ3) is 2.92. The number of aryl methyl sites for hydroxylation is 1. The fourth-order valence-corrected chi connectivity index (χ4v) is 3.02. The fraction of sp³-hybridized carbons (Fsp3) is 0.263. The molecule has 132 valence electrons. The van der Waals surface area contributed by atoms with E-state index in [4.69, 9.17) is 4.52 Å². The standard InChI is InChI=1S/C19H17N3O4/c1-10-15-13(9-14(11-7-8-11)20-18(15)26-22-10)17(23)21-16(19(24)25)12-5-3-2-4-6-12/h2-6,9,11,16H,7-8H2,1H3,(H,21,23)(H,24,25)/t16-/m1/s1. The summed E-state index contributed by atoms with van der Waals surface area (Å²) in [6.45, 7) is 1.73. The number of carbonyl (C=O) groups is 2. The molecule has 3 aromatic rings. The predicted octanol–water partition coefficient (Wildman–Crippen LogP) is 2.96. The Balaban J connectivity index is 1.73. The van der Waals surface area contributed by atoms with Gasteiger partial charge in [-0.25, -0.2) is 9.78 Å². The van der Waals surface area contributed by atoms with Crippen LogP contribution in [0, 0.1) is 6.92 Å². The molecule has 0 radical (unpaired) electrons. The van der Waals surface area contributed by atoms with Crippen LogP contribution in [0.25, 0.3) is 11.1 Å². The van der Waals surface area contributed by atoms with Crippen LogP contribution in [0.3, 0.4) is 0 Å². The van der Waals surface area contributed by atoms with Crippen molar-refractivity contribution in [1.82, 2.24) is 15.5 Å². The monoisotopic (exact) mass is 351 g/mol. The molecule has 7 nitrogen and oxygen atoms in total. The van der Waals surface area contributed by atoms with Gasteiger partial charge in [-0.1, -0.05) is 35.5 Å². The van der Waals surface area contributed by atoms with Crippen molar-refractivity contribution in [3.63, 3.8) is 0 Å². The number of carboxylic acids is 1. The van der Waals surface area contributed by atoms with Gasteiger partial charge in [0.2, 0.25) is 0 Å². The van der Waals surface area contributed by atoms with E-state index in [1.54, 1.807) is 43.3 Å². The lowest BCUT2D eigenvalue weighted by molar-refractivity contribution is -0.139. The molecule has 0 bridgehead atoms. The molecule has 0 spiro atoms. The SMILES string of the molecule is Cc1noc2nc(C3CC3)cc(C(=O)N[C@@H](C(=O)O)c3ccccc3)c12. The number of pyridine rings is 1. The molecule has 0 unspecified atom stereocenters. The van der Waals surface area contributed by atoms with Gasteiger partial charge in [0.25, 0.3) is 11.6 Å². The first-order chi connectivity index (χ1) is 12.5. The maximum absolute atomic E-state index is 12.9.